The monoisotopic (exact) mass is 290 g/mol. The standard InChI is InChI=1S/C16H19FN2O2/c1-19-14(20)8-13(16(21)18-9-10-2-3-10)15(19)11-4-6-12(17)7-5-11/h4-7,10,13,15H,2-3,8-9H2,1H3,(H,18,21)/t13-,15+/m1/s1. The van der Waals surface area contributed by atoms with Crippen LogP contribution in [-0.4, -0.2) is 30.3 Å². The second-order valence-electron chi connectivity index (χ2n) is 6.00. The number of halogens is 1. The van der Waals surface area contributed by atoms with Crippen molar-refractivity contribution in [1.82, 2.24) is 10.2 Å². The Labute approximate surface area is 123 Å². The predicted molar refractivity (Wildman–Crippen MR) is 75.8 cm³/mol. The Hall–Kier alpha value is -1.91. The summed E-state index contributed by atoms with van der Waals surface area (Å²) in [5.41, 5.74) is 0.802. The predicted octanol–water partition coefficient (Wildman–Crippen LogP) is 1.87. The Morgan fingerprint density at radius 1 is 1.33 bits per heavy atom. The minimum Gasteiger partial charge on any atom is -0.355 e. The first-order chi connectivity index (χ1) is 10.1. The number of carbonyl (C=O) groups excluding carboxylic acids is 2. The summed E-state index contributed by atoms with van der Waals surface area (Å²) in [6.07, 6.45) is 2.56. The fraction of sp³-hybridized carbons (Fsp3) is 0.500. The molecule has 0 radical (unpaired) electrons. The van der Waals surface area contributed by atoms with Crippen molar-refractivity contribution >= 4 is 11.8 Å². The molecule has 1 aliphatic carbocycles. The van der Waals surface area contributed by atoms with Crippen LogP contribution < -0.4 is 5.32 Å². The molecule has 2 aliphatic rings. The Balaban J connectivity index is 1.78. The van der Waals surface area contributed by atoms with Crippen LogP contribution in [0, 0.1) is 17.7 Å². The summed E-state index contributed by atoms with van der Waals surface area (Å²) in [7, 11) is 1.70. The summed E-state index contributed by atoms with van der Waals surface area (Å²) in [4.78, 5) is 25.9. The van der Waals surface area contributed by atoms with Crippen molar-refractivity contribution in [2.75, 3.05) is 13.6 Å². The Morgan fingerprint density at radius 3 is 2.62 bits per heavy atom. The molecule has 1 aliphatic heterocycles. The van der Waals surface area contributed by atoms with Gasteiger partial charge in [-0.3, -0.25) is 9.59 Å². The first-order valence-electron chi connectivity index (χ1n) is 7.35. The van der Waals surface area contributed by atoms with Crippen LogP contribution in [0.5, 0.6) is 0 Å². The van der Waals surface area contributed by atoms with E-state index < -0.39 is 5.92 Å². The molecule has 1 aromatic rings. The number of benzene rings is 1. The van der Waals surface area contributed by atoms with Crippen LogP contribution in [0.15, 0.2) is 24.3 Å². The van der Waals surface area contributed by atoms with Gasteiger partial charge in [-0.1, -0.05) is 12.1 Å². The van der Waals surface area contributed by atoms with E-state index in [9.17, 15) is 14.0 Å². The third-order valence-electron chi connectivity index (χ3n) is 4.40. The number of nitrogens with zero attached hydrogens (tertiary/aromatic N) is 1. The Bertz CT molecular complexity index is 554. The third kappa shape index (κ3) is 2.91. The molecule has 2 atom stereocenters. The van der Waals surface area contributed by atoms with E-state index in [-0.39, 0.29) is 30.1 Å². The molecule has 2 fully saturated rings. The maximum absolute atomic E-state index is 13.1. The van der Waals surface area contributed by atoms with Crippen LogP contribution in [-0.2, 0) is 9.59 Å². The SMILES string of the molecule is CN1C(=O)C[C@@H](C(=O)NCC2CC2)[C@@H]1c1ccc(F)cc1. The summed E-state index contributed by atoms with van der Waals surface area (Å²) in [5.74, 6) is -0.231. The number of rotatable bonds is 4. The number of amides is 2. The first-order valence-corrected chi connectivity index (χ1v) is 7.35. The van der Waals surface area contributed by atoms with Gasteiger partial charge in [-0.15, -0.1) is 0 Å². The lowest BCUT2D eigenvalue weighted by Crippen LogP contribution is -2.35. The summed E-state index contributed by atoms with van der Waals surface area (Å²) in [5, 5.41) is 2.95. The van der Waals surface area contributed by atoms with Crippen molar-refractivity contribution in [3.8, 4) is 0 Å². The lowest BCUT2D eigenvalue weighted by molar-refractivity contribution is -0.128. The zero-order valence-corrected chi connectivity index (χ0v) is 12.0. The molecule has 112 valence electrons. The number of hydrogen-bond acceptors (Lipinski definition) is 2. The fourth-order valence-electron chi connectivity index (χ4n) is 2.92. The Morgan fingerprint density at radius 2 is 2.00 bits per heavy atom. The molecular formula is C16H19FN2O2. The lowest BCUT2D eigenvalue weighted by atomic mass is 9.93. The van der Waals surface area contributed by atoms with Gasteiger partial charge in [0.05, 0.1) is 12.0 Å². The molecule has 5 heteroatoms. The van der Waals surface area contributed by atoms with Gasteiger partial charge >= 0.3 is 0 Å². The van der Waals surface area contributed by atoms with Gasteiger partial charge in [0.2, 0.25) is 11.8 Å². The van der Waals surface area contributed by atoms with Crippen molar-refractivity contribution in [2.24, 2.45) is 11.8 Å². The second-order valence-corrected chi connectivity index (χ2v) is 6.00. The Kier molecular flexibility index (Phi) is 3.66. The average Bonchev–Trinajstić information content (AvgIpc) is 3.25. The van der Waals surface area contributed by atoms with Gasteiger partial charge in [-0.05, 0) is 36.5 Å². The highest BCUT2D eigenvalue weighted by molar-refractivity contribution is 5.90. The highest BCUT2D eigenvalue weighted by Gasteiger charge is 2.42. The summed E-state index contributed by atoms with van der Waals surface area (Å²) < 4.78 is 13.1. The van der Waals surface area contributed by atoms with Gasteiger partial charge in [0.25, 0.3) is 0 Å². The van der Waals surface area contributed by atoms with E-state index in [4.69, 9.17) is 0 Å². The number of nitrogens with one attached hydrogen (secondary N) is 1. The molecule has 1 N–H and O–H groups in total. The van der Waals surface area contributed by atoms with Gasteiger partial charge in [0.1, 0.15) is 5.82 Å². The van der Waals surface area contributed by atoms with Crippen molar-refractivity contribution in [3.63, 3.8) is 0 Å². The molecule has 4 nitrogen and oxygen atoms in total. The normalized spacial score (nSPS) is 25.2. The van der Waals surface area contributed by atoms with Gasteiger partial charge in [0, 0.05) is 20.0 Å². The fourth-order valence-corrected chi connectivity index (χ4v) is 2.92. The molecule has 0 aromatic heterocycles. The van der Waals surface area contributed by atoms with Crippen molar-refractivity contribution in [3.05, 3.63) is 35.6 Å². The van der Waals surface area contributed by atoms with E-state index >= 15 is 0 Å². The van der Waals surface area contributed by atoms with Crippen LogP contribution in [0.1, 0.15) is 30.9 Å². The van der Waals surface area contributed by atoms with Crippen LogP contribution in [0.25, 0.3) is 0 Å². The molecule has 1 heterocycles. The summed E-state index contributed by atoms with van der Waals surface area (Å²) in [6.45, 7) is 0.698. The largest absolute Gasteiger partial charge is 0.355 e. The van der Waals surface area contributed by atoms with Gasteiger partial charge < -0.3 is 10.2 Å². The van der Waals surface area contributed by atoms with Gasteiger partial charge in [0.15, 0.2) is 0 Å². The van der Waals surface area contributed by atoms with E-state index in [0.29, 0.717) is 12.5 Å². The maximum Gasteiger partial charge on any atom is 0.226 e. The number of carbonyl (C=O) groups is 2. The molecule has 0 bridgehead atoms. The van der Waals surface area contributed by atoms with Crippen molar-refractivity contribution < 1.29 is 14.0 Å². The molecule has 1 aromatic carbocycles. The topological polar surface area (TPSA) is 49.4 Å². The number of likely N-dealkylation sites (tertiary alicyclic amines) is 1. The van der Waals surface area contributed by atoms with E-state index in [1.54, 1.807) is 24.1 Å². The van der Waals surface area contributed by atoms with Gasteiger partial charge in [-0.25, -0.2) is 4.39 Å². The summed E-state index contributed by atoms with van der Waals surface area (Å²) in [6, 6.07) is 5.72. The van der Waals surface area contributed by atoms with E-state index in [2.05, 4.69) is 5.32 Å². The average molecular weight is 290 g/mol. The van der Waals surface area contributed by atoms with Crippen LogP contribution in [0.3, 0.4) is 0 Å². The van der Waals surface area contributed by atoms with E-state index in [1.807, 2.05) is 0 Å². The highest BCUT2D eigenvalue weighted by atomic mass is 19.1. The number of hydrogen-bond donors (Lipinski definition) is 1. The lowest BCUT2D eigenvalue weighted by Gasteiger charge is -2.25. The van der Waals surface area contributed by atoms with Crippen LogP contribution >= 0.6 is 0 Å². The third-order valence-corrected chi connectivity index (χ3v) is 4.40. The molecule has 21 heavy (non-hydrogen) atoms. The minimum atomic E-state index is -0.397. The molecule has 3 rings (SSSR count). The minimum absolute atomic E-state index is 0.0455. The maximum atomic E-state index is 13.1. The molecule has 0 unspecified atom stereocenters. The first kappa shape index (κ1) is 14.0. The summed E-state index contributed by atoms with van der Waals surface area (Å²) >= 11 is 0. The molecule has 1 saturated carbocycles. The van der Waals surface area contributed by atoms with Crippen molar-refractivity contribution in [2.45, 2.75) is 25.3 Å². The van der Waals surface area contributed by atoms with Crippen LogP contribution in [0.2, 0.25) is 0 Å². The molecule has 1 saturated heterocycles. The molecule has 0 spiro atoms. The van der Waals surface area contributed by atoms with Crippen LogP contribution in [0.4, 0.5) is 4.39 Å². The van der Waals surface area contributed by atoms with E-state index in [1.165, 1.54) is 25.0 Å². The molecular weight excluding hydrogens is 271 g/mol. The molecule has 2 amide bonds. The quantitative estimate of drug-likeness (QED) is 0.920. The van der Waals surface area contributed by atoms with Gasteiger partial charge in [-0.2, -0.15) is 0 Å². The highest BCUT2D eigenvalue weighted by Crippen LogP contribution is 2.37. The zero-order valence-electron chi connectivity index (χ0n) is 12.0. The van der Waals surface area contributed by atoms with E-state index in [0.717, 1.165) is 5.56 Å². The zero-order chi connectivity index (χ0) is 15.0. The second kappa shape index (κ2) is 5.47. The van der Waals surface area contributed by atoms with Crippen molar-refractivity contribution in [1.29, 1.82) is 0 Å². The smallest absolute Gasteiger partial charge is 0.226 e.